The topological polar surface area (TPSA) is 137 Å². The fourth-order valence-corrected chi connectivity index (χ4v) is 8.87. The van der Waals surface area contributed by atoms with Crippen LogP contribution in [0.1, 0.15) is 74.9 Å². The Labute approximate surface area is 314 Å². The van der Waals surface area contributed by atoms with E-state index in [1.54, 1.807) is 13.2 Å². The lowest BCUT2D eigenvalue weighted by atomic mass is 9.61. The Morgan fingerprint density at radius 1 is 1.11 bits per heavy atom. The van der Waals surface area contributed by atoms with Crippen LogP contribution < -0.4 is 15.4 Å². The number of likely N-dealkylation sites (tertiary alicyclic amines) is 1. The first kappa shape index (κ1) is 39.9. The number of likely N-dealkylation sites (N-methyl/N-ethyl adjacent to an activating group) is 1. The zero-order valence-electron chi connectivity index (χ0n) is 32.3. The lowest BCUT2D eigenvalue weighted by Crippen LogP contribution is -2.53. The van der Waals surface area contributed by atoms with Crippen LogP contribution in [0.5, 0.6) is 5.75 Å². The molecule has 11 nitrogen and oxygen atoms in total. The highest BCUT2D eigenvalue weighted by molar-refractivity contribution is 5.97. The normalized spacial score (nSPS) is 23.4. The lowest BCUT2D eigenvalue weighted by molar-refractivity contribution is -0.384. The molecule has 53 heavy (non-hydrogen) atoms. The summed E-state index contributed by atoms with van der Waals surface area (Å²) in [6.07, 6.45) is 3.32. The highest BCUT2D eigenvalue weighted by Gasteiger charge is 2.43. The van der Waals surface area contributed by atoms with Crippen molar-refractivity contribution in [2.75, 3.05) is 34.3 Å². The van der Waals surface area contributed by atoms with Crippen molar-refractivity contribution >= 4 is 17.5 Å². The number of benzene rings is 3. The molecule has 3 aromatic carbocycles. The number of nitrogens with zero attached hydrogens (tertiary/aromatic N) is 3. The Hall–Kier alpha value is -4.32. The molecule has 11 heteroatoms. The molecular weight excluding hydrogens is 670 g/mol. The third kappa shape index (κ3) is 9.62. The maximum atomic E-state index is 13.8. The monoisotopic (exact) mass is 727 g/mol. The van der Waals surface area contributed by atoms with Crippen LogP contribution in [-0.2, 0) is 17.8 Å². The van der Waals surface area contributed by atoms with Crippen LogP contribution in [0.15, 0.2) is 66.7 Å². The first-order valence-electron chi connectivity index (χ1n) is 18.9. The van der Waals surface area contributed by atoms with Gasteiger partial charge in [-0.1, -0.05) is 82.6 Å². The molecule has 5 rings (SSSR count). The van der Waals surface area contributed by atoms with Crippen molar-refractivity contribution in [1.29, 1.82) is 0 Å². The van der Waals surface area contributed by atoms with Gasteiger partial charge in [-0.05, 0) is 74.2 Å². The third-order valence-electron chi connectivity index (χ3n) is 11.4. The van der Waals surface area contributed by atoms with E-state index >= 15 is 0 Å². The van der Waals surface area contributed by atoms with E-state index in [-0.39, 0.29) is 34.7 Å². The minimum absolute atomic E-state index is 0.0720. The molecule has 0 spiro atoms. The van der Waals surface area contributed by atoms with Gasteiger partial charge in [-0.15, -0.1) is 0 Å². The van der Waals surface area contributed by atoms with Crippen molar-refractivity contribution in [1.82, 2.24) is 20.4 Å². The quantitative estimate of drug-likeness (QED) is 0.134. The Morgan fingerprint density at radius 3 is 2.51 bits per heavy atom. The van der Waals surface area contributed by atoms with E-state index in [4.69, 9.17) is 4.74 Å². The lowest BCUT2D eigenvalue weighted by Gasteiger charge is -2.47. The van der Waals surface area contributed by atoms with Gasteiger partial charge in [0.1, 0.15) is 5.75 Å². The van der Waals surface area contributed by atoms with E-state index in [2.05, 4.69) is 38.3 Å². The van der Waals surface area contributed by atoms with E-state index in [0.717, 1.165) is 30.4 Å². The van der Waals surface area contributed by atoms with Crippen LogP contribution in [0.3, 0.4) is 0 Å². The zero-order chi connectivity index (χ0) is 38.4. The number of nitrogens with one attached hydrogen (secondary N) is 2. The van der Waals surface area contributed by atoms with Crippen molar-refractivity contribution in [2.45, 2.75) is 90.6 Å². The van der Waals surface area contributed by atoms with E-state index in [1.165, 1.54) is 12.1 Å². The van der Waals surface area contributed by atoms with Crippen molar-refractivity contribution in [3.05, 3.63) is 93.5 Å². The number of β-amino-alcohol motifs (C(OH)–C–C–N with tert-alkyl or cyclic N) is 1. The molecule has 0 bridgehead atoms. The molecule has 1 saturated carbocycles. The maximum absolute atomic E-state index is 13.8. The number of hydrogen-bond donors (Lipinski definition) is 3. The number of carbonyl (C=O) groups excluding carboxylic acids is 2. The Bertz CT molecular complexity index is 1750. The first-order chi connectivity index (χ1) is 25.2. The minimum atomic E-state index is -0.651. The molecular formula is C42H57N5O6. The van der Waals surface area contributed by atoms with Crippen LogP contribution >= 0.6 is 0 Å². The molecule has 1 heterocycles. The molecule has 286 valence electrons. The second kappa shape index (κ2) is 17.2. The fraction of sp³-hybridized carbons (Fsp3) is 0.524. The largest absolute Gasteiger partial charge is 0.496 e. The fourth-order valence-electron chi connectivity index (χ4n) is 8.87. The second-order valence-corrected chi connectivity index (χ2v) is 16.0. The molecule has 3 aromatic rings. The van der Waals surface area contributed by atoms with Crippen molar-refractivity contribution in [3.8, 4) is 16.9 Å². The predicted molar refractivity (Wildman–Crippen MR) is 208 cm³/mol. The van der Waals surface area contributed by atoms with E-state index in [9.17, 15) is 24.8 Å². The smallest absolute Gasteiger partial charge is 0.270 e. The summed E-state index contributed by atoms with van der Waals surface area (Å²) in [6, 6.07) is 19.2. The summed E-state index contributed by atoms with van der Waals surface area (Å²) in [4.78, 5) is 43.2. The highest BCUT2D eigenvalue weighted by Crippen LogP contribution is 2.46. The highest BCUT2D eigenvalue weighted by atomic mass is 16.6. The summed E-state index contributed by atoms with van der Waals surface area (Å²) in [5, 5.41) is 29.4. The van der Waals surface area contributed by atoms with Gasteiger partial charge in [0.25, 0.3) is 11.6 Å². The molecule has 0 aromatic heterocycles. The molecule has 2 amide bonds. The number of carbonyl (C=O) groups is 2. The van der Waals surface area contributed by atoms with Crippen LogP contribution in [0.25, 0.3) is 11.1 Å². The molecule has 2 fully saturated rings. The van der Waals surface area contributed by atoms with E-state index in [1.807, 2.05) is 72.4 Å². The number of non-ortho nitro benzene ring substituents is 1. The second-order valence-electron chi connectivity index (χ2n) is 16.0. The summed E-state index contributed by atoms with van der Waals surface area (Å²) in [5.74, 6) is 0.858. The minimum Gasteiger partial charge on any atom is -0.496 e. The summed E-state index contributed by atoms with van der Waals surface area (Å²) in [6.45, 7) is 10.4. The molecule has 1 aliphatic heterocycles. The Morgan fingerprint density at radius 2 is 1.85 bits per heavy atom. The standard InChI is InChI=1S/C42H57N5O6/c1-8-36-27(2)37(17-18-42(36,3)4)44-41(50)38-23-34(48)26-46(38)24-29-15-12-16-35(39(29)53-7)30-20-31(22-33(21-30)47(51)52)40(49)43-32(25-45(5)6)19-28-13-10-9-11-14-28/h9-16,20-22,27,32,34,36-38,48H,8,17-19,23-26H2,1-7H3,(H,43,49)(H,44,50)/t27-,32?,34-,36-,37-,38-/m0/s1. The van der Waals surface area contributed by atoms with Gasteiger partial charge in [0, 0.05) is 60.5 Å². The van der Waals surface area contributed by atoms with Gasteiger partial charge in [-0.25, -0.2) is 0 Å². The van der Waals surface area contributed by atoms with Gasteiger partial charge in [0.05, 0.1) is 24.2 Å². The van der Waals surface area contributed by atoms with Crippen molar-refractivity contribution in [3.63, 3.8) is 0 Å². The van der Waals surface area contributed by atoms with Crippen LogP contribution in [-0.4, -0.2) is 90.2 Å². The SMILES string of the molecule is CC[C@H]1[C@H](C)[C@@H](NC(=O)[C@@H]2C[C@H](O)CN2Cc2cccc(-c3cc(C(=O)NC(Cc4ccccc4)CN(C)C)cc([N+](=O)[O-])c3)c2OC)CCC1(C)C. The molecule has 0 radical (unpaired) electrons. The molecule has 1 unspecified atom stereocenters. The third-order valence-corrected chi connectivity index (χ3v) is 11.4. The summed E-state index contributed by atoms with van der Waals surface area (Å²) in [5.41, 5.74) is 3.08. The van der Waals surface area contributed by atoms with Gasteiger partial charge < -0.3 is 25.4 Å². The zero-order valence-corrected chi connectivity index (χ0v) is 32.3. The van der Waals surface area contributed by atoms with Gasteiger partial charge in [0.2, 0.25) is 5.91 Å². The number of aliphatic hydroxyl groups is 1. The first-order valence-corrected chi connectivity index (χ1v) is 18.9. The van der Waals surface area contributed by atoms with Crippen LogP contribution in [0.4, 0.5) is 5.69 Å². The van der Waals surface area contributed by atoms with Crippen molar-refractivity contribution in [2.24, 2.45) is 17.3 Å². The van der Waals surface area contributed by atoms with Crippen LogP contribution in [0.2, 0.25) is 0 Å². The average molecular weight is 728 g/mol. The molecule has 1 saturated heterocycles. The molecule has 1 aliphatic carbocycles. The molecule has 6 atom stereocenters. The number of nitro benzene ring substituents is 1. The number of methoxy groups -OCH3 is 1. The van der Waals surface area contributed by atoms with Crippen LogP contribution in [0, 0.1) is 27.4 Å². The number of para-hydroxylation sites is 1. The van der Waals surface area contributed by atoms with Crippen molar-refractivity contribution < 1.29 is 24.4 Å². The van der Waals surface area contributed by atoms with Gasteiger partial charge in [0.15, 0.2) is 0 Å². The number of amides is 2. The summed E-state index contributed by atoms with van der Waals surface area (Å²) < 4.78 is 5.95. The number of nitro groups is 1. The Balaban J connectivity index is 1.39. The number of rotatable bonds is 14. The Kier molecular flexibility index (Phi) is 13.0. The number of ether oxygens (including phenoxy) is 1. The van der Waals surface area contributed by atoms with E-state index < -0.39 is 23.0 Å². The summed E-state index contributed by atoms with van der Waals surface area (Å²) >= 11 is 0. The summed E-state index contributed by atoms with van der Waals surface area (Å²) in [7, 11) is 5.42. The van der Waals surface area contributed by atoms with E-state index in [0.29, 0.717) is 61.2 Å². The number of aliphatic hydroxyl groups excluding tert-OH is 1. The molecule has 2 aliphatic rings. The van der Waals surface area contributed by atoms with Gasteiger partial charge in [-0.3, -0.25) is 24.6 Å². The molecule has 3 N–H and O–H groups in total. The maximum Gasteiger partial charge on any atom is 0.270 e. The number of hydrogen-bond acceptors (Lipinski definition) is 8. The van der Waals surface area contributed by atoms with Gasteiger partial charge in [-0.2, -0.15) is 0 Å². The predicted octanol–water partition coefficient (Wildman–Crippen LogP) is 6.08. The van der Waals surface area contributed by atoms with Gasteiger partial charge >= 0.3 is 0 Å². The average Bonchev–Trinajstić information content (AvgIpc) is 3.49.